The van der Waals surface area contributed by atoms with E-state index in [4.69, 9.17) is 5.11 Å². The molecule has 0 aromatic carbocycles. The first kappa shape index (κ1) is 8.04. The molecule has 4 heteroatoms. The average molecular weight is 157 g/mol. The smallest absolute Gasteiger partial charge is 0.329 e. The van der Waals surface area contributed by atoms with Crippen LogP contribution in [0.4, 0.5) is 0 Å². The molecule has 1 saturated carbocycles. The number of amides is 1. The lowest BCUT2D eigenvalue weighted by Crippen LogP contribution is -2.58. The van der Waals surface area contributed by atoms with E-state index in [9.17, 15) is 9.59 Å². The lowest BCUT2D eigenvalue weighted by Gasteiger charge is -2.37. The number of aliphatic carboxylic acids is 1. The van der Waals surface area contributed by atoms with E-state index < -0.39 is 11.5 Å². The van der Waals surface area contributed by atoms with Gasteiger partial charge in [0.1, 0.15) is 5.54 Å². The van der Waals surface area contributed by atoms with Crippen molar-refractivity contribution >= 4 is 11.9 Å². The van der Waals surface area contributed by atoms with Gasteiger partial charge in [-0.15, -0.1) is 0 Å². The van der Waals surface area contributed by atoms with Crippen molar-refractivity contribution in [3.63, 3.8) is 0 Å². The van der Waals surface area contributed by atoms with Crippen molar-refractivity contribution in [2.75, 3.05) is 0 Å². The third-order valence-corrected chi connectivity index (χ3v) is 2.03. The maximum Gasteiger partial charge on any atom is 0.329 e. The minimum Gasteiger partial charge on any atom is -0.480 e. The molecule has 0 bridgehead atoms. The van der Waals surface area contributed by atoms with Crippen LogP contribution in [-0.4, -0.2) is 22.5 Å². The fourth-order valence-electron chi connectivity index (χ4n) is 1.26. The molecule has 0 unspecified atom stereocenters. The number of carboxylic acids is 1. The van der Waals surface area contributed by atoms with E-state index in [1.807, 2.05) is 0 Å². The van der Waals surface area contributed by atoms with Crippen LogP contribution >= 0.6 is 0 Å². The van der Waals surface area contributed by atoms with E-state index in [1.54, 1.807) is 0 Å². The Hall–Kier alpha value is -1.06. The Kier molecular flexibility index (Phi) is 1.85. The number of hydrogen-bond donors (Lipinski definition) is 2. The van der Waals surface area contributed by atoms with Gasteiger partial charge in [-0.25, -0.2) is 4.79 Å². The van der Waals surface area contributed by atoms with Gasteiger partial charge in [0.25, 0.3) is 0 Å². The molecule has 2 N–H and O–H groups in total. The van der Waals surface area contributed by atoms with Gasteiger partial charge in [0, 0.05) is 6.92 Å². The number of hydrogen-bond acceptors (Lipinski definition) is 2. The Morgan fingerprint density at radius 2 is 2.00 bits per heavy atom. The minimum absolute atomic E-state index is 0.271. The summed E-state index contributed by atoms with van der Waals surface area (Å²) >= 11 is 0. The normalized spacial score (nSPS) is 20.1. The van der Waals surface area contributed by atoms with Gasteiger partial charge in [0.05, 0.1) is 0 Å². The molecule has 0 heterocycles. The van der Waals surface area contributed by atoms with Crippen LogP contribution in [0.15, 0.2) is 0 Å². The molecular formula is C7H11NO3. The van der Waals surface area contributed by atoms with Crippen LogP contribution in [0.5, 0.6) is 0 Å². The second kappa shape index (κ2) is 2.53. The Labute approximate surface area is 64.6 Å². The SMILES string of the molecule is CC(=O)NC1(C(=O)O)CCC1. The molecule has 4 nitrogen and oxygen atoms in total. The third-order valence-electron chi connectivity index (χ3n) is 2.03. The van der Waals surface area contributed by atoms with Gasteiger partial charge < -0.3 is 10.4 Å². The van der Waals surface area contributed by atoms with Crippen LogP contribution in [-0.2, 0) is 9.59 Å². The van der Waals surface area contributed by atoms with Gasteiger partial charge in [-0.3, -0.25) is 4.79 Å². The highest BCUT2D eigenvalue weighted by Crippen LogP contribution is 2.31. The second-order valence-electron chi connectivity index (χ2n) is 2.92. The molecule has 0 aromatic heterocycles. The van der Waals surface area contributed by atoms with E-state index in [2.05, 4.69) is 5.32 Å². The van der Waals surface area contributed by atoms with Crippen LogP contribution in [0.1, 0.15) is 26.2 Å². The monoisotopic (exact) mass is 157 g/mol. The fourth-order valence-corrected chi connectivity index (χ4v) is 1.26. The maximum atomic E-state index is 10.6. The summed E-state index contributed by atoms with van der Waals surface area (Å²) in [7, 11) is 0. The fraction of sp³-hybridized carbons (Fsp3) is 0.714. The predicted molar refractivity (Wildman–Crippen MR) is 38.0 cm³/mol. The van der Waals surface area contributed by atoms with Crippen LogP contribution < -0.4 is 5.32 Å². The van der Waals surface area contributed by atoms with Gasteiger partial charge >= 0.3 is 5.97 Å². The molecule has 11 heavy (non-hydrogen) atoms. The summed E-state index contributed by atoms with van der Waals surface area (Å²) in [5.74, 6) is -1.19. The number of carbonyl (C=O) groups excluding carboxylic acids is 1. The van der Waals surface area contributed by atoms with Crippen molar-refractivity contribution in [2.24, 2.45) is 0 Å². The first-order chi connectivity index (χ1) is 5.07. The summed E-state index contributed by atoms with van der Waals surface area (Å²) in [4.78, 5) is 21.2. The molecule has 0 radical (unpaired) electrons. The quantitative estimate of drug-likeness (QED) is 0.598. The summed E-state index contributed by atoms with van der Waals surface area (Å²) in [5, 5.41) is 11.2. The molecule has 1 aliphatic carbocycles. The zero-order chi connectivity index (χ0) is 8.48. The van der Waals surface area contributed by atoms with E-state index >= 15 is 0 Å². The van der Waals surface area contributed by atoms with Crippen molar-refractivity contribution in [1.82, 2.24) is 5.32 Å². The van der Waals surface area contributed by atoms with Gasteiger partial charge in [-0.2, -0.15) is 0 Å². The highest BCUT2D eigenvalue weighted by molar-refractivity contribution is 5.86. The Balaban J connectivity index is 2.61. The molecule has 0 atom stereocenters. The second-order valence-corrected chi connectivity index (χ2v) is 2.92. The first-order valence-electron chi connectivity index (χ1n) is 3.59. The molecule has 0 spiro atoms. The highest BCUT2D eigenvalue weighted by atomic mass is 16.4. The first-order valence-corrected chi connectivity index (χ1v) is 3.59. The molecule has 1 fully saturated rings. The number of nitrogens with one attached hydrogen (secondary N) is 1. The van der Waals surface area contributed by atoms with Gasteiger partial charge in [-0.05, 0) is 19.3 Å². The molecular weight excluding hydrogens is 146 g/mol. The Morgan fingerprint density at radius 1 is 1.45 bits per heavy atom. The zero-order valence-electron chi connectivity index (χ0n) is 6.39. The summed E-state index contributed by atoms with van der Waals surface area (Å²) in [5.41, 5.74) is -0.939. The van der Waals surface area contributed by atoms with E-state index in [0.29, 0.717) is 12.8 Å². The summed E-state index contributed by atoms with van der Waals surface area (Å²) in [6.07, 6.45) is 2.00. The predicted octanol–water partition coefficient (Wildman–Crippen LogP) is 0.130. The highest BCUT2D eigenvalue weighted by Gasteiger charge is 2.44. The van der Waals surface area contributed by atoms with Gasteiger partial charge in [0.15, 0.2) is 0 Å². The topological polar surface area (TPSA) is 66.4 Å². The molecule has 62 valence electrons. The van der Waals surface area contributed by atoms with E-state index in [-0.39, 0.29) is 5.91 Å². The lowest BCUT2D eigenvalue weighted by molar-refractivity contribution is -0.151. The van der Waals surface area contributed by atoms with E-state index in [1.165, 1.54) is 6.92 Å². The average Bonchev–Trinajstić information content (AvgIpc) is 1.77. The summed E-state index contributed by atoms with van der Waals surface area (Å²) < 4.78 is 0. The van der Waals surface area contributed by atoms with Gasteiger partial charge in [-0.1, -0.05) is 0 Å². The maximum absolute atomic E-state index is 10.6. The number of carbonyl (C=O) groups is 2. The molecule has 0 aliphatic heterocycles. The molecule has 0 aromatic rings. The van der Waals surface area contributed by atoms with Crippen LogP contribution in [0.3, 0.4) is 0 Å². The Bertz CT molecular complexity index is 196. The molecule has 0 saturated heterocycles. The van der Waals surface area contributed by atoms with Crippen molar-refractivity contribution in [2.45, 2.75) is 31.7 Å². The molecule has 1 rings (SSSR count). The van der Waals surface area contributed by atoms with Crippen molar-refractivity contribution in [3.8, 4) is 0 Å². The number of carboxylic acid groups (broad SMARTS) is 1. The lowest BCUT2D eigenvalue weighted by atomic mass is 9.77. The van der Waals surface area contributed by atoms with E-state index in [0.717, 1.165) is 6.42 Å². The van der Waals surface area contributed by atoms with Crippen molar-refractivity contribution in [3.05, 3.63) is 0 Å². The Morgan fingerprint density at radius 3 is 2.09 bits per heavy atom. The minimum atomic E-state index is -0.939. The molecule has 1 amide bonds. The van der Waals surface area contributed by atoms with Crippen LogP contribution in [0, 0.1) is 0 Å². The summed E-state index contributed by atoms with van der Waals surface area (Å²) in [6, 6.07) is 0. The largest absolute Gasteiger partial charge is 0.480 e. The molecule has 1 aliphatic rings. The standard InChI is InChI=1S/C7H11NO3/c1-5(9)8-7(6(10)11)3-2-4-7/h2-4H2,1H3,(H,8,9)(H,10,11). The van der Waals surface area contributed by atoms with Crippen LogP contribution in [0.25, 0.3) is 0 Å². The van der Waals surface area contributed by atoms with Gasteiger partial charge in [0.2, 0.25) is 5.91 Å². The zero-order valence-corrected chi connectivity index (χ0v) is 6.39. The van der Waals surface area contributed by atoms with Crippen molar-refractivity contribution < 1.29 is 14.7 Å². The van der Waals surface area contributed by atoms with Crippen LogP contribution in [0.2, 0.25) is 0 Å². The third kappa shape index (κ3) is 1.34. The number of rotatable bonds is 2. The van der Waals surface area contributed by atoms with Crippen molar-refractivity contribution in [1.29, 1.82) is 0 Å². The summed E-state index contributed by atoms with van der Waals surface area (Å²) in [6.45, 7) is 1.34.